The molecule has 0 saturated heterocycles. The lowest BCUT2D eigenvalue weighted by molar-refractivity contribution is -0.0409. The minimum absolute atomic E-state index is 0.375. The molecule has 0 aliphatic heterocycles. The molecule has 0 atom stereocenters. The summed E-state index contributed by atoms with van der Waals surface area (Å²) in [6, 6.07) is 0. The summed E-state index contributed by atoms with van der Waals surface area (Å²) < 4.78 is 7.39. The number of hydrogen-bond acceptors (Lipinski definition) is 4. The van der Waals surface area contributed by atoms with Crippen LogP contribution in [-0.4, -0.2) is 27.4 Å². The van der Waals surface area contributed by atoms with E-state index in [0.29, 0.717) is 18.6 Å². The number of aromatic nitrogens is 3. The molecule has 0 amide bonds. The molecule has 1 aliphatic rings. The van der Waals surface area contributed by atoms with Crippen LogP contribution < -0.4 is 5.73 Å². The van der Waals surface area contributed by atoms with Crippen LogP contribution in [0.5, 0.6) is 0 Å². The minimum atomic E-state index is 0.375. The molecule has 14 heavy (non-hydrogen) atoms. The number of nitrogens with two attached hydrogens (primary N) is 1. The second-order valence-electron chi connectivity index (χ2n) is 3.81. The van der Waals surface area contributed by atoms with Gasteiger partial charge in [-0.15, -0.1) is 0 Å². The Balaban J connectivity index is 1.72. The summed E-state index contributed by atoms with van der Waals surface area (Å²) in [6.07, 6.45) is 4.10. The summed E-state index contributed by atoms with van der Waals surface area (Å²) in [5, 5.41) is 3.98. The Bertz CT molecular complexity index is 293. The van der Waals surface area contributed by atoms with Crippen molar-refractivity contribution in [1.29, 1.82) is 0 Å². The van der Waals surface area contributed by atoms with E-state index in [2.05, 4.69) is 10.1 Å². The largest absolute Gasteiger partial charge is 0.370 e. The first-order valence-electron chi connectivity index (χ1n) is 4.94. The van der Waals surface area contributed by atoms with E-state index in [-0.39, 0.29) is 0 Å². The molecule has 0 bridgehead atoms. The molecule has 5 heteroatoms. The maximum absolute atomic E-state index is 5.66. The Hall–Kier alpha value is -0.940. The van der Waals surface area contributed by atoms with Gasteiger partial charge in [-0.1, -0.05) is 0 Å². The summed E-state index contributed by atoms with van der Waals surface area (Å²) in [5.74, 6) is 1.54. The van der Waals surface area contributed by atoms with Crippen molar-refractivity contribution in [1.82, 2.24) is 14.8 Å². The van der Waals surface area contributed by atoms with Crippen molar-refractivity contribution in [3.05, 3.63) is 12.2 Å². The summed E-state index contributed by atoms with van der Waals surface area (Å²) in [4.78, 5) is 4.09. The highest BCUT2D eigenvalue weighted by molar-refractivity contribution is 4.84. The van der Waals surface area contributed by atoms with Gasteiger partial charge < -0.3 is 10.5 Å². The monoisotopic (exact) mass is 196 g/mol. The zero-order valence-electron chi connectivity index (χ0n) is 8.39. The molecule has 78 valence electrons. The normalized spacial score (nSPS) is 26.1. The highest BCUT2D eigenvalue weighted by Crippen LogP contribution is 2.29. The summed E-state index contributed by atoms with van der Waals surface area (Å²) >= 11 is 0. The smallest absolute Gasteiger partial charge is 0.152 e. The molecule has 0 unspecified atom stereocenters. The van der Waals surface area contributed by atoms with Crippen molar-refractivity contribution in [2.45, 2.75) is 25.6 Å². The van der Waals surface area contributed by atoms with Crippen LogP contribution in [0, 0.1) is 5.92 Å². The van der Waals surface area contributed by atoms with Crippen molar-refractivity contribution < 1.29 is 4.74 Å². The lowest BCUT2D eigenvalue weighted by Gasteiger charge is -2.33. The van der Waals surface area contributed by atoms with Crippen molar-refractivity contribution in [3.8, 4) is 0 Å². The predicted molar refractivity (Wildman–Crippen MR) is 51.4 cm³/mol. The summed E-state index contributed by atoms with van der Waals surface area (Å²) in [5.41, 5.74) is 5.53. The Kier molecular flexibility index (Phi) is 2.79. The topological polar surface area (TPSA) is 66.0 Å². The van der Waals surface area contributed by atoms with Crippen molar-refractivity contribution in [2.24, 2.45) is 18.7 Å². The van der Waals surface area contributed by atoms with Crippen LogP contribution in [0.25, 0.3) is 0 Å². The van der Waals surface area contributed by atoms with Crippen LogP contribution in [0.4, 0.5) is 0 Å². The average Bonchev–Trinajstić information content (AvgIpc) is 2.49. The van der Waals surface area contributed by atoms with Crippen molar-refractivity contribution in [3.63, 3.8) is 0 Å². The highest BCUT2D eigenvalue weighted by atomic mass is 16.5. The van der Waals surface area contributed by atoms with Gasteiger partial charge in [0, 0.05) is 7.05 Å². The van der Waals surface area contributed by atoms with Crippen LogP contribution in [-0.2, 0) is 18.4 Å². The molecule has 1 aliphatic carbocycles. The maximum Gasteiger partial charge on any atom is 0.152 e. The predicted octanol–water partition coefficient (Wildman–Crippen LogP) is 0.0690. The molecule has 1 heterocycles. The third kappa shape index (κ3) is 1.93. The fraction of sp³-hybridized carbons (Fsp3) is 0.778. The Morgan fingerprint density at radius 2 is 2.43 bits per heavy atom. The quantitative estimate of drug-likeness (QED) is 0.740. The third-order valence-electron chi connectivity index (χ3n) is 2.78. The number of aryl methyl sites for hydroxylation is 1. The van der Waals surface area contributed by atoms with E-state index in [1.807, 2.05) is 7.05 Å². The SMILES string of the molecule is Cn1ncnc1COC1CC(CN)C1. The molecule has 1 aromatic rings. The number of ether oxygens (including phenoxy) is 1. The average molecular weight is 196 g/mol. The fourth-order valence-corrected chi connectivity index (χ4v) is 1.65. The van der Waals surface area contributed by atoms with E-state index in [1.54, 1.807) is 11.0 Å². The summed E-state index contributed by atoms with van der Waals surface area (Å²) in [6.45, 7) is 1.34. The lowest BCUT2D eigenvalue weighted by atomic mass is 9.82. The first-order valence-corrected chi connectivity index (χ1v) is 4.94. The number of hydrogen-bond donors (Lipinski definition) is 1. The van der Waals surface area contributed by atoms with E-state index >= 15 is 0 Å². The van der Waals surface area contributed by atoms with E-state index in [0.717, 1.165) is 25.2 Å². The van der Waals surface area contributed by atoms with Gasteiger partial charge in [0.15, 0.2) is 5.82 Å². The van der Waals surface area contributed by atoms with E-state index in [9.17, 15) is 0 Å². The van der Waals surface area contributed by atoms with Gasteiger partial charge in [-0.3, -0.25) is 4.68 Å². The molecule has 0 radical (unpaired) electrons. The van der Waals surface area contributed by atoms with Gasteiger partial charge in [0.2, 0.25) is 0 Å². The van der Waals surface area contributed by atoms with Crippen LogP contribution in [0.15, 0.2) is 6.33 Å². The molecule has 0 spiro atoms. The maximum atomic E-state index is 5.66. The first kappa shape index (κ1) is 9.61. The highest BCUT2D eigenvalue weighted by Gasteiger charge is 2.28. The molecular formula is C9H16N4O. The van der Waals surface area contributed by atoms with E-state index < -0.39 is 0 Å². The molecule has 1 aromatic heterocycles. The molecule has 2 rings (SSSR count). The standard InChI is InChI=1S/C9H16N4O/c1-13-9(11-6-12-13)5-14-8-2-7(3-8)4-10/h6-8H,2-5,10H2,1H3. The molecule has 5 nitrogen and oxygen atoms in total. The second-order valence-corrected chi connectivity index (χ2v) is 3.81. The van der Waals surface area contributed by atoms with Gasteiger partial charge in [0.25, 0.3) is 0 Å². The fourth-order valence-electron chi connectivity index (χ4n) is 1.65. The molecule has 2 N–H and O–H groups in total. The lowest BCUT2D eigenvalue weighted by Crippen LogP contribution is -2.35. The van der Waals surface area contributed by atoms with Crippen LogP contribution in [0.2, 0.25) is 0 Å². The van der Waals surface area contributed by atoms with Crippen LogP contribution in [0.1, 0.15) is 18.7 Å². The number of rotatable bonds is 4. The van der Waals surface area contributed by atoms with Crippen molar-refractivity contribution in [2.75, 3.05) is 6.54 Å². The van der Waals surface area contributed by atoms with Crippen molar-refractivity contribution >= 4 is 0 Å². The molecule has 1 fully saturated rings. The Morgan fingerprint density at radius 1 is 1.64 bits per heavy atom. The van der Waals surface area contributed by atoms with Gasteiger partial charge in [0.05, 0.1) is 6.10 Å². The van der Waals surface area contributed by atoms with Gasteiger partial charge in [-0.25, -0.2) is 4.98 Å². The van der Waals surface area contributed by atoms with E-state index in [1.165, 1.54) is 0 Å². The molecule has 0 aromatic carbocycles. The van der Waals surface area contributed by atoms with Gasteiger partial charge >= 0.3 is 0 Å². The van der Waals surface area contributed by atoms with Gasteiger partial charge in [0.1, 0.15) is 12.9 Å². The van der Waals surface area contributed by atoms with Crippen LogP contribution in [0.3, 0.4) is 0 Å². The number of nitrogens with zero attached hydrogens (tertiary/aromatic N) is 3. The Labute approximate surface area is 83.3 Å². The molecular weight excluding hydrogens is 180 g/mol. The van der Waals surface area contributed by atoms with Crippen LogP contribution >= 0.6 is 0 Å². The zero-order chi connectivity index (χ0) is 9.97. The third-order valence-corrected chi connectivity index (χ3v) is 2.78. The van der Waals surface area contributed by atoms with Gasteiger partial charge in [-0.2, -0.15) is 5.10 Å². The summed E-state index contributed by atoms with van der Waals surface area (Å²) in [7, 11) is 1.87. The Morgan fingerprint density at radius 3 is 3.00 bits per heavy atom. The molecule has 1 saturated carbocycles. The first-order chi connectivity index (χ1) is 6.79. The zero-order valence-corrected chi connectivity index (χ0v) is 8.39. The van der Waals surface area contributed by atoms with Gasteiger partial charge in [-0.05, 0) is 25.3 Å². The van der Waals surface area contributed by atoms with E-state index in [4.69, 9.17) is 10.5 Å². The second kappa shape index (κ2) is 4.06. The minimum Gasteiger partial charge on any atom is -0.370 e.